The SMILES string of the molecule is O=C(NC(CN1CCCC1)C(O)c1cc(F)c2c(c1)OCCO2)C1CCN(c2ccc3ccccc3n2)C1. The molecule has 0 saturated carbocycles. The van der Waals surface area contributed by atoms with Crippen LogP contribution in [-0.4, -0.2) is 72.9 Å². The highest BCUT2D eigenvalue weighted by atomic mass is 19.1. The van der Waals surface area contributed by atoms with E-state index in [2.05, 4.69) is 21.2 Å². The van der Waals surface area contributed by atoms with Gasteiger partial charge < -0.3 is 29.7 Å². The molecular weight excluding hydrogens is 487 g/mol. The second-order valence-corrected chi connectivity index (χ2v) is 10.4. The highest BCUT2D eigenvalue weighted by Gasteiger charge is 2.34. The van der Waals surface area contributed by atoms with Crippen LogP contribution in [-0.2, 0) is 4.79 Å². The van der Waals surface area contributed by atoms with E-state index >= 15 is 0 Å². The average Bonchev–Trinajstić information content (AvgIpc) is 3.65. The van der Waals surface area contributed by atoms with Crippen molar-refractivity contribution in [1.82, 2.24) is 15.2 Å². The molecule has 38 heavy (non-hydrogen) atoms. The van der Waals surface area contributed by atoms with Gasteiger partial charge in [-0.15, -0.1) is 0 Å². The van der Waals surface area contributed by atoms with Gasteiger partial charge in [-0.2, -0.15) is 0 Å². The molecule has 3 aliphatic heterocycles. The minimum atomic E-state index is -1.09. The van der Waals surface area contributed by atoms with Crippen molar-refractivity contribution in [3.63, 3.8) is 0 Å². The van der Waals surface area contributed by atoms with E-state index in [-0.39, 0.29) is 29.9 Å². The summed E-state index contributed by atoms with van der Waals surface area (Å²) in [7, 11) is 0. The number of carbonyl (C=O) groups excluding carboxylic acids is 1. The first-order valence-electron chi connectivity index (χ1n) is 13.5. The second-order valence-electron chi connectivity index (χ2n) is 10.4. The van der Waals surface area contributed by atoms with Crippen molar-refractivity contribution in [2.45, 2.75) is 31.4 Å². The molecule has 2 aromatic carbocycles. The lowest BCUT2D eigenvalue weighted by Gasteiger charge is -2.30. The third kappa shape index (κ3) is 5.13. The number of amides is 1. The minimum absolute atomic E-state index is 0.0701. The number of pyridine rings is 1. The van der Waals surface area contributed by atoms with Gasteiger partial charge in [-0.05, 0) is 68.2 Å². The lowest BCUT2D eigenvalue weighted by Crippen LogP contribution is -2.48. The summed E-state index contributed by atoms with van der Waals surface area (Å²) in [6.07, 6.45) is 1.78. The largest absolute Gasteiger partial charge is 0.486 e. The third-order valence-electron chi connectivity index (χ3n) is 7.79. The van der Waals surface area contributed by atoms with Crippen molar-refractivity contribution >= 4 is 22.6 Å². The van der Waals surface area contributed by atoms with E-state index in [4.69, 9.17) is 14.5 Å². The van der Waals surface area contributed by atoms with E-state index in [9.17, 15) is 14.3 Å². The van der Waals surface area contributed by atoms with Gasteiger partial charge in [-0.3, -0.25) is 4.79 Å². The molecule has 2 N–H and O–H groups in total. The molecule has 9 heteroatoms. The van der Waals surface area contributed by atoms with Gasteiger partial charge in [-0.25, -0.2) is 9.37 Å². The molecule has 3 aromatic rings. The summed E-state index contributed by atoms with van der Waals surface area (Å²) in [4.78, 5) is 22.6. The summed E-state index contributed by atoms with van der Waals surface area (Å²) in [6.45, 7) is 4.22. The number of hydrogen-bond acceptors (Lipinski definition) is 7. The maximum Gasteiger partial charge on any atom is 0.225 e. The van der Waals surface area contributed by atoms with Crippen molar-refractivity contribution < 1.29 is 23.8 Å². The van der Waals surface area contributed by atoms with Gasteiger partial charge in [0.05, 0.1) is 17.5 Å². The summed E-state index contributed by atoms with van der Waals surface area (Å²) in [5, 5.41) is 15.6. The molecule has 6 rings (SSSR count). The van der Waals surface area contributed by atoms with Gasteiger partial charge in [0.15, 0.2) is 17.3 Å². The highest BCUT2D eigenvalue weighted by molar-refractivity contribution is 5.82. The average molecular weight is 521 g/mol. The first-order valence-corrected chi connectivity index (χ1v) is 13.5. The molecule has 0 radical (unpaired) electrons. The number of para-hydroxylation sites is 1. The Balaban J connectivity index is 1.17. The van der Waals surface area contributed by atoms with Crippen molar-refractivity contribution in [2.75, 3.05) is 50.8 Å². The fourth-order valence-corrected chi connectivity index (χ4v) is 5.72. The van der Waals surface area contributed by atoms with E-state index in [0.717, 1.165) is 49.2 Å². The molecule has 200 valence electrons. The van der Waals surface area contributed by atoms with E-state index < -0.39 is 18.0 Å². The van der Waals surface area contributed by atoms with Crippen molar-refractivity contribution in [2.24, 2.45) is 5.92 Å². The number of likely N-dealkylation sites (tertiary alicyclic amines) is 1. The molecule has 3 atom stereocenters. The van der Waals surface area contributed by atoms with Gasteiger partial charge in [-0.1, -0.05) is 18.2 Å². The van der Waals surface area contributed by atoms with Gasteiger partial charge in [0.2, 0.25) is 5.91 Å². The van der Waals surface area contributed by atoms with Crippen LogP contribution in [0, 0.1) is 11.7 Å². The Labute approximate surface area is 221 Å². The smallest absolute Gasteiger partial charge is 0.225 e. The Kier molecular flexibility index (Phi) is 7.04. The van der Waals surface area contributed by atoms with E-state index in [1.807, 2.05) is 30.3 Å². The van der Waals surface area contributed by atoms with Gasteiger partial charge in [0, 0.05) is 25.0 Å². The molecule has 0 aliphatic carbocycles. The number of nitrogens with one attached hydrogen (secondary N) is 1. The number of aliphatic hydroxyl groups is 1. The van der Waals surface area contributed by atoms with Crippen molar-refractivity contribution in [3.05, 3.63) is 59.9 Å². The summed E-state index contributed by atoms with van der Waals surface area (Å²) >= 11 is 0. The topological polar surface area (TPSA) is 87.2 Å². The molecule has 8 nitrogen and oxygen atoms in total. The van der Waals surface area contributed by atoms with Crippen LogP contribution in [0.4, 0.5) is 10.2 Å². The van der Waals surface area contributed by atoms with Crippen molar-refractivity contribution in [3.8, 4) is 11.5 Å². The van der Waals surface area contributed by atoms with Crippen LogP contribution in [0.2, 0.25) is 0 Å². The Morgan fingerprint density at radius 2 is 1.92 bits per heavy atom. The van der Waals surface area contributed by atoms with Crippen LogP contribution >= 0.6 is 0 Å². The first kappa shape index (κ1) is 24.9. The molecular formula is C29H33FN4O4. The van der Waals surface area contributed by atoms with E-state index in [1.54, 1.807) is 6.07 Å². The minimum Gasteiger partial charge on any atom is -0.486 e. The summed E-state index contributed by atoms with van der Waals surface area (Å²) < 4.78 is 25.7. The molecule has 1 amide bonds. The molecule has 3 aliphatic rings. The Hall–Kier alpha value is -3.43. The van der Waals surface area contributed by atoms with Crippen LogP contribution in [0.15, 0.2) is 48.5 Å². The van der Waals surface area contributed by atoms with E-state index in [1.165, 1.54) is 6.07 Å². The van der Waals surface area contributed by atoms with Crippen LogP contribution in [0.1, 0.15) is 30.9 Å². The number of nitrogens with zero attached hydrogens (tertiary/aromatic N) is 3. The zero-order valence-electron chi connectivity index (χ0n) is 21.3. The Morgan fingerprint density at radius 1 is 1.11 bits per heavy atom. The fourth-order valence-electron chi connectivity index (χ4n) is 5.72. The van der Waals surface area contributed by atoms with E-state index in [0.29, 0.717) is 31.7 Å². The molecule has 2 fully saturated rings. The lowest BCUT2D eigenvalue weighted by molar-refractivity contribution is -0.126. The number of carbonyl (C=O) groups is 1. The zero-order valence-corrected chi connectivity index (χ0v) is 21.3. The Bertz CT molecular complexity index is 1310. The van der Waals surface area contributed by atoms with Gasteiger partial charge in [0.1, 0.15) is 25.1 Å². The first-order chi connectivity index (χ1) is 18.5. The van der Waals surface area contributed by atoms with Gasteiger partial charge in [0.25, 0.3) is 0 Å². The number of aromatic nitrogens is 1. The predicted molar refractivity (Wildman–Crippen MR) is 142 cm³/mol. The van der Waals surface area contributed by atoms with Crippen LogP contribution in [0.3, 0.4) is 0 Å². The molecule has 2 saturated heterocycles. The lowest BCUT2D eigenvalue weighted by atomic mass is 9.99. The molecule has 4 heterocycles. The maximum absolute atomic E-state index is 14.7. The molecule has 3 unspecified atom stereocenters. The number of aliphatic hydroxyl groups excluding tert-OH is 1. The van der Waals surface area contributed by atoms with Gasteiger partial charge >= 0.3 is 0 Å². The van der Waals surface area contributed by atoms with Crippen LogP contribution < -0.4 is 19.7 Å². The normalized spacial score (nSPS) is 21.0. The third-order valence-corrected chi connectivity index (χ3v) is 7.79. The monoisotopic (exact) mass is 520 g/mol. The number of fused-ring (bicyclic) bond motifs is 2. The maximum atomic E-state index is 14.7. The number of ether oxygens (including phenoxy) is 2. The predicted octanol–water partition coefficient (Wildman–Crippen LogP) is 3.29. The summed E-state index contributed by atoms with van der Waals surface area (Å²) in [6, 6.07) is 14.4. The quantitative estimate of drug-likeness (QED) is 0.495. The van der Waals surface area contributed by atoms with Crippen molar-refractivity contribution in [1.29, 1.82) is 0 Å². The summed E-state index contributed by atoms with van der Waals surface area (Å²) in [5.41, 5.74) is 1.29. The number of anilines is 1. The van der Waals surface area contributed by atoms with Crippen LogP contribution in [0.25, 0.3) is 10.9 Å². The van der Waals surface area contributed by atoms with Crippen LogP contribution in [0.5, 0.6) is 11.5 Å². The molecule has 0 bridgehead atoms. The number of halogens is 1. The number of hydrogen-bond donors (Lipinski definition) is 2. The highest BCUT2D eigenvalue weighted by Crippen LogP contribution is 2.36. The number of benzene rings is 2. The Morgan fingerprint density at radius 3 is 2.79 bits per heavy atom. The fraction of sp³-hybridized carbons (Fsp3) is 0.448. The summed E-state index contributed by atoms with van der Waals surface area (Å²) in [5.74, 6) is 0.311. The number of rotatable bonds is 7. The standard InChI is InChI=1S/C29H33FN4O4/c30-22-15-21(16-25-28(22)38-14-13-37-25)27(35)24(18-33-10-3-4-11-33)32-29(36)20-9-12-34(17-20)26-8-7-19-5-1-2-6-23(19)31-26/h1-2,5-8,15-16,20,24,27,35H,3-4,9-14,17-18H2,(H,32,36). The second kappa shape index (κ2) is 10.7. The molecule has 1 aromatic heterocycles. The molecule has 0 spiro atoms. The zero-order chi connectivity index (χ0) is 26.1.